The third-order valence-electron chi connectivity index (χ3n) is 3.24. The van der Waals surface area contributed by atoms with Crippen LogP contribution in [0, 0.1) is 5.82 Å². The molecule has 1 aliphatic heterocycles. The van der Waals surface area contributed by atoms with Crippen molar-refractivity contribution >= 4 is 29.1 Å². The second-order valence-electron chi connectivity index (χ2n) is 4.78. The number of aliphatic imine (C=N–C) groups is 1. The van der Waals surface area contributed by atoms with Gasteiger partial charge in [0.1, 0.15) is 18.2 Å². The van der Waals surface area contributed by atoms with E-state index in [1.807, 2.05) is 4.90 Å². The fourth-order valence-electron chi connectivity index (χ4n) is 1.97. The molecule has 0 saturated carbocycles. The molecule has 1 heterocycles. The van der Waals surface area contributed by atoms with E-state index in [2.05, 4.69) is 15.0 Å². The normalized spacial score (nSPS) is 15.2. The van der Waals surface area contributed by atoms with Crippen molar-refractivity contribution in [2.24, 2.45) is 4.99 Å². The topological polar surface area (TPSA) is 63.2 Å². The van der Waals surface area contributed by atoms with Crippen LogP contribution >= 0.6 is 12.2 Å². The Morgan fingerprint density at radius 2 is 2.04 bits per heavy atom. The van der Waals surface area contributed by atoms with Crippen LogP contribution in [0.1, 0.15) is 5.56 Å². The zero-order valence-corrected chi connectivity index (χ0v) is 13.6. The third-order valence-corrected chi connectivity index (χ3v) is 3.60. The number of rotatable bonds is 3. The van der Waals surface area contributed by atoms with Gasteiger partial charge in [-0.2, -0.15) is 0 Å². The molecule has 0 bridgehead atoms. The summed E-state index contributed by atoms with van der Waals surface area (Å²) < 4.78 is 23.0. The second-order valence-corrected chi connectivity index (χ2v) is 5.16. The number of ether oxygens (including phenoxy) is 2. The van der Waals surface area contributed by atoms with Gasteiger partial charge in [0, 0.05) is 18.7 Å². The number of methoxy groups -OCH3 is 1. The molecule has 0 radical (unpaired) electrons. The van der Waals surface area contributed by atoms with E-state index in [9.17, 15) is 9.18 Å². The standard InChI is InChI=1S/C15H18FN3O3S/c1-21-13(20)10-17-14(11-2-4-12(16)5-3-11)18-15(23)19-6-8-22-9-7-19/h2-5H,6-10H2,1H3,(H,17,18,23). The quantitative estimate of drug-likeness (QED) is 0.383. The highest BCUT2D eigenvalue weighted by Gasteiger charge is 2.16. The van der Waals surface area contributed by atoms with Gasteiger partial charge in [-0.15, -0.1) is 0 Å². The van der Waals surface area contributed by atoms with Crippen molar-refractivity contribution in [1.82, 2.24) is 10.2 Å². The highest BCUT2D eigenvalue weighted by Crippen LogP contribution is 2.05. The van der Waals surface area contributed by atoms with E-state index >= 15 is 0 Å². The molecule has 1 fully saturated rings. The van der Waals surface area contributed by atoms with Crippen molar-refractivity contribution in [2.75, 3.05) is 40.0 Å². The molecule has 1 aromatic rings. The molecule has 23 heavy (non-hydrogen) atoms. The van der Waals surface area contributed by atoms with Gasteiger partial charge in [0.15, 0.2) is 5.11 Å². The first-order valence-electron chi connectivity index (χ1n) is 7.11. The lowest BCUT2D eigenvalue weighted by atomic mass is 10.2. The average Bonchev–Trinajstić information content (AvgIpc) is 2.59. The number of hydrogen-bond acceptors (Lipinski definition) is 5. The Balaban J connectivity index is 2.13. The van der Waals surface area contributed by atoms with Gasteiger partial charge >= 0.3 is 5.97 Å². The number of carbonyl (C=O) groups is 1. The molecule has 0 unspecified atom stereocenters. The summed E-state index contributed by atoms with van der Waals surface area (Å²) in [5.74, 6) is -0.424. The van der Waals surface area contributed by atoms with E-state index in [-0.39, 0.29) is 12.4 Å². The number of nitrogens with zero attached hydrogens (tertiary/aromatic N) is 2. The lowest BCUT2D eigenvalue weighted by Gasteiger charge is -2.29. The lowest BCUT2D eigenvalue weighted by Crippen LogP contribution is -2.48. The van der Waals surface area contributed by atoms with Gasteiger partial charge in [0.25, 0.3) is 0 Å². The highest BCUT2D eigenvalue weighted by molar-refractivity contribution is 7.80. The maximum atomic E-state index is 13.1. The first-order valence-corrected chi connectivity index (χ1v) is 7.52. The molecule has 124 valence electrons. The fraction of sp³-hybridized carbons (Fsp3) is 0.400. The van der Waals surface area contributed by atoms with Gasteiger partial charge in [-0.05, 0) is 36.5 Å². The first-order chi connectivity index (χ1) is 11.1. The van der Waals surface area contributed by atoms with Crippen LogP contribution in [0.3, 0.4) is 0 Å². The molecule has 1 aliphatic rings. The van der Waals surface area contributed by atoms with E-state index < -0.39 is 5.97 Å². The Bertz CT molecular complexity index is 586. The molecule has 0 aromatic heterocycles. The Morgan fingerprint density at radius 3 is 2.65 bits per heavy atom. The average molecular weight is 339 g/mol. The zero-order chi connectivity index (χ0) is 16.7. The number of thiocarbonyl (C=S) groups is 1. The summed E-state index contributed by atoms with van der Waals surface area (Å²) in [6.45, 7) is 2.42. The second kappa shape index (κ2) is 8.54. The van der Waals surface area contributed by atoms with Gasteiger partial charge in [0.2, 0.25) is 0 Å². The molecule has 0 amide bonds. The summed E-state index contributed by atoms with van der Waals surface area (Å²) in [6, 6.07) is 5.78. The van der Waals surface area contributed by atoms with E-state index in [1.165, 1.54) is 19.2 Å². The number of amidine groups is 1. The molecular formula is C15H18FN3O3S. The molecule has 8 heteroatoms. The summed E-state index contributed by atoms with van der Waals surface area (Å²) in [5, 5.41) is 3.51. The first kappa shape index (κ1) is 17.3. The van der Waals surface area contributed by atoms with Crippen molar-refractivity contribution in [2.45, 2.75) is 0 Å². The van der Waals surface area contributed by atoms with Crippen LogP contribution in [0.5, 0.6) is 0 Å². The van der Waals surface area contributed by atoms with Crippen molar-refractivity contribution in [1.29, 1.82) is 0 Å². The zero-order valence-electron chi connectivity index (χ0n) is 12.8. The third kappa shape index (κ3) is 5.26. The summed E-state index contributed by atoms with van der Waals surface area (Å²) in [4.78, 5) is 17.5. The minimum absolute atomic E-state index is 0.151. The molecule has 0 spiro atoms. The number of halogens is 1. The Morgan fingerprint density at radius 1 is 1.39 bits per heavy atom. The Kier molecular flexibility index (Phi) is 6.42. The van der Waals surface area contributed by atoms with Gasteiger partial charge in [0.05, 0.1) is 20.3 Å². The molecule has 0 aliphatic carbocycles. The van der Waals surface area contributed by atoms with Gasteiger partial charge in [-0.25, -0.2) is 4.39 Å². The summed E-state index contributed by atoms with van der Waals surface area (Å²) >= 11 is 5.37. The van der Waals surface area contributed by atoms with E-state index in [0.29, 0.717) is 42.8 Å². The number of carbonyl (C=O) groups excluding carboxylic acids is 1. The number of esters is 1. The summed E-state index contributed by atoms with van der Waals surface area (Å²) in [6.07, 6.45) is 0. The predicted octanol–water partition coefficient (Wildman–Crippen LogP) is 0.952. The highest BCUT2D eigenvalue weighted by atomic mass is 32.1. The van der Waals surface area contributed by atoms with Gasteiger partial charge in [-0.3, -0.25) is 9.79 Å². The van der Waals surface area contributed by atoms with Gasteiger partial charge < -0.3 is 19.7 Å². The predicted molar refractivity (Wildman–Crippen MR) is 87.9 cm³/mol. The van der Waals surface area contributed by atoms with Crippen LogP contribution in [-0.2, 0) is 14.3 Å². The van der Waals surface area contributed by atoms with Crippen molar-refractivity contribution in [3.63, 3.8) is 0 Å². The van der Waals surface area contributed by atoms with Crippen LogP contribution in [0.2, 0.25) is 0 Å². The Labute approximate surface area is 139 Å². The summed E-state index contributed by atoms with van der Waals surface area (Å²) in [7, 11) is 1.29. The van der Waals surface area contributed by atoms with Crippen molar-refractivity contribution in [3.8, 4) is 0 Å². The monoisotopic (exact) mass is 339 g/mol. The minimum atomic E-state index is -0.469. The Hall–Kier alpha value is -2.06. The SMILES string of the molecule is COC(=O)CN=C(NC(=S)N1CCOCC1)c1ccc(F)cc1. The molecule has 1 saturated heterocycles. The van der Waals surface area contributed by atoms with Crippen LogP contribution in [0.15, 0.2) is 29.3 Å². The molecule has 2 rings (SSSR count). The van der Waals surface area contributed by atoms with Crippen molar-refractivity contribution < 1.29 is 18.7 Å². The molecular weight excluding hydrogens is 321 g/mol. The smallest absolute Gasteiger partial charge is 0.327 e. The molecule has 0 atom stereocenters. The number of benzene rings is 1. The maximum Gasteiger partial charge on any atom is 0.327 e. The summed E-state index contributed by atoms with van der Waals surface area (Å²) in [5.41, 5.74) is 0.630. The molecule has 1 N–H and O–H groups in total. The largest absolute Gasteiger partial charge is 0.468 e. The minimum Gasteiger partial charge on any atom is -0.468 e. The molecule has 1 aromatic carbocycles. The fourth-order valence-corrected chi connectivity index (χ4v) is 2.24. The van der Waals surface area contributed by atoms with Crippen LogP contribution in [0.25, 0.3) is 0 Å². The number of nitrogens with one attached hydrogen (secondary N) is 1. The van der Waals surface area contributed by atoms with Crippen molar-refractivity contribution in [3.05, 3.63) is 35.6 Å². The van der Waals surface area contributed by atoms with Crippen LogP contribution in [-0.4, -0.2) is 61.8 Å². The number of hydrogen-bond donors (Lipinski definition) is 1. The maximum absolute atomic E-state index is 13.1. The van der Waals surface area contributed by atoms with E-state index in [1.54, 1.807) is 12.1 Å². The van der Waals surface area contributed by atoms with Crippen LogP contribution in [0.4, 0.5) is 4.39 Å². The van der Waals surface area contributed by atoms with Gasteiger partial charge in [-0.1, -0.05) is 0 Å². The lowest BCUT2D eigenvalue weighted by molar-refractivity contribution is -0.138. The van der Waals surface area contributed by atoms with Crippen LogP contribution < -0.4 is 5.32 Å². The number of morpholine rings is 1. The van der Waals surface area contributed by atoms with E-state index in [4.69, 9.17) is 17.0 Å². The molecule has 6 nitrogen and oxygen atoms in total. The van der Waals surface area contributed by atoms with E-state index in [0.717, 1.165) is 0 Å².